The topological polar surface area (TPSA) is 17.1 Å². The Morgan fingerprint density at radius 2 is 1.62 bits per heavy atom. The first-order valence-corrected chi connectivity index (χ1v) is 6.54. The van der Waals surface area contributed by atoms with Crippen molar-refractivity contribution in [2.45, 2.75) is 13.8 Å². The molecule has 0 aromatic heterocycles. The summed E-state index contributed by atoms with van der Waals surface area (Å²) in [5, 5.41) is 1.83. The maximum atomic E-state index is 12.3. The van der Waals surface area contributed by atoms with Crippen LogP contribution in [0.15, 0.2) is 48.5 Å². The molecule has 0 N–H and O–H groups in total. The van der Waals surface area contributed by atoms with E-state index in [-0.39, 0.29) is 0 Å². The highest BCUT2D eigenvalue weighted by atomic mass is 31.1. The first kappa shape index (κ1) is 11.0. The quantitative estimate of drug-likeness (QED) is 0.723. The minimum atomic E-state index is -1.45. The molecule has 0 aliphatic rings. The lowest BCUT2D eigenvalue weighted by Crippen LogP contribution is -2.09. The Labute approximate surface area is 96.9 Å². The van der Waals surface area contributed by atoms with E-state index in [1.165, 1.54) is 5.56 Å². The maximum Gasteiger partial charge on any atom is 0.136 e. The van der Waals surface area contributed by atoms with Gasteiger partial charge in [-0.15, -0.1) is 0 Å². The second-order valence-corrected chi connectivity index (χ2v) is 5.51. The average Bonchev–Trinajstić information content (AvgIpc) is 2.29. The van der Waals surface area contributed by atoms with Gasteiger partial charge in [-0.25, -0.2) is 0 Å². The fourth-order valence-corrected chi connectivity index (χ4v) is 3.05. The van der Waals surface area contributed by atoms with Gasteiger partial charge in [0.15, 0.2) is 0 Å². The lowest BCUT2D eigenvalue weighted by atomic mass is 10.2. The molecule has 81 valence electrons. The third-order valence-electron chi connectivity index (χ3n) is 2.56. The molecule has 0 heterocycles. The average molecular weight is 229 g/mol. The van der Waals surface area contributed by atoms with Crippen molar-refractivity contribution in [3.05, 3.63) is 59.7 Å². The summed E-state index contributed by atoms with van der Waals surface area (Å²) >= 11 is 0. The summed E-state index contributed by atoms with van der Waals surface area (Å²) < 4.78 is 12.3. The van der Waals surface area contributed by atoms with Crippen molar-refractivity contribution in [3.63, 3.8) is 0 Å². The highest BCUT2D eigenvalue weighted by molar-refractivity contribution is 7.61. The van der Waals surface area contributed by atoms with E-state index >= 15 is 0 Å². The second kappa shape index (κ2) is 4.59. The third kappa shape index (κ3) is 2.20. The highest BCUT2D eigenvalue weighted by Gasteiger charge is 2.09. The minimum Gasteiger partial charge on any atom is -0.277 e. The molecule has 0 spiro atoms. The van der Waals surface area contributed by atoms with Crippen LogP contribution in [0.2, 0.25) is 0 Å². The zero-order chi connectivity index (χ0) is 11.5. The Kier molecular flexibility index (Phi) is 3.17. The predicted molar refractivity (Wildman–Crippen MR) is 69.2 cm³/mol. The smallest absolute Gasteiger partial charge is 0.136 e. The molecule has 0 aliphatic carbocycles. The van der Waals surface area contributed by atoms with Gasteiger partial charge in [-0.05, 0) is 37.6 Å². The van der Waals surface area contributed by atoms with E-state index < -0.39 is 7.80 Å². The van der Waals surface area contributed by atoms with E-state index in [1.807, 2.05) is 56.3 Å². The fraction of sp³-hybridized carbons (Fsp3) is 0.143. The van der Waals surface area contributed by atoms with Crippen molar-refractivity contribution in [1.82, 2.24) is 0 Å². The van der Waals surface area contributed by atoms with Crippen LogP contribution in [0.1, 0.15) is 11.1 Å². The van der Waals surface area contributed by atoms with Crippen LogP contribution in [0.25, 0.3) is 0 Å². The summed E-state index contributed by atoms with van der Waals surface area (Å²) in [6, 6.07) is 15.7. The molecule has 1 unspecified atom stereocenters. The van der Waals surface area contributed by atoms with Crippen molar-refractivity contribution in [2.24, 2.45) is 0 Å². The van der Waals surface area contributed by atoms with Crippen molar-refractivity contribution >= 4 is 18.4 Å². The van der Waals surface area contributed by atoms with Gasteiger partial charge in [0.05, 0.1) is 0 Å². The van der Waals surface area contributed by atoms with E-state index in [0.29, 0.717) is 0 Å². The highest BCUT2D eigenvalue weighted by Crippen LogP contribution is 2.21. The Balaban J connectivity index is 2.42. The van der Waals surface area contributed by atoms with Crippen molar-refractivity contribution in [1.29, 1.82) is 0 Å². The van der Waals surface area contributed by atoms with Crippen molar-refractivity contribution in [3.8, 4) is 0 Å². The molecule has 0 saturated carbocycles. The summed E-state index contributed by atoms with van der Waals surface area (Å²) in [6.45, 7) is 4.06. The molecule has 0 amide bonds. The summed E-state index contributed by atoms with van der Waals surface area (Å²) in [6.07, 6.45) is 0. The Hall–Kier alpha value is -1.46. The molecule has 0 saturated heterocycles. The predicted octanol–water partition coefficient (Wildman–Crippen LogP) is 3.08. The molecule has 0 bridgehead atoms. The molecule has 0 fully saturated rings. The molecular weight excluding hydrogens is 215 g/mol. The van der Waals surface area contributed by atoms with Crippen LogP contribution in [-0.2, 0) is 4.57 Å². The largest absolute Gasteiger partial charge is 0.277 e. The molecule has 1 atom stereocenters. The fourth-order valence-electron chi connectivity index (χ4n) is 1.74. The van der Waals surface area contributed by atoms with Crippen LogP contribution in [0.4, 0.5) is 0 Å². The lowest BCUT2D eigenvalue weighted by molar-refractivity contribution is 0.598. The van der Waals surface area contributed by atoms with E-state index in [9.17, 15) is 4.57 Å². The monoisotopic (exact) mass is 229 g/mol. The van der Waals surface area contributed by atoms with Gasteiger partial charge >= 0.3 is 0 Å². The molecule has 0 aliphatic heterocycles. The Morgan fingerprint density at radius 1 is 0.938 bits per heavy atom. The molecule has 1 nitrogen and oxygen atoms in total. The van der Waals surface area contributed by atoms with Crippen molar-refractivity contribution < 1.29 is 4.57 Å². The molecule has 2 aromatic carbocycles. The maximum absolute atomic E-state index is 12.3. The number of hydrogen-bond acceptors (Lipinski definition) is 1. The number of aryl methyl sites for hydroxylation is 2. The molecule has 2 heteroatoms. The van der Waals surface area contributed by atoms with Crippen LogP contribution in [0.5, 0.6) is 0 Å². The lowest BCUT2D eigenvalue weighted by Gasteiger charge is -2.06. The van der Waals surface area contributed by atoms with Crippen LogP contribution < -0.4 is 10.6 Å². The van der Waals surface area contributed by atoms with Crippen LogP contribution >= 0.6 is 7.80 Å². The van der Waals surface area contributed by atoms with Gasteiger partial charge in [0, 0.05) is 10.6 Å². The number of benzene rings is 2. The first-order valence-electron chi connectivity index (χ1n) is 5.28. The molecule has 1 radical (unpaired) electrons. The van der Waals surface area contributed by atoms with Gasteiger partial charge in [0.1, 0.15) is 7.80 Å². The Bertz CT molecular complexity index is 518. The van der Waals surface area contributed by atoms with Gasteiger partial charge in [0.2, 0.25) is 0 Å². The van der Waals surface area contributed by atoms with E-state index in [0.717, 1.165) is 16.2 Å². The van der Waals surface area contributed by atoms with E-state index in [4.69, 9.17) is 0 Å². The van der Waals surface area contributed by atoms with E-state index in [1.54, 1.807) is 0 Å². The van der Waals surface area contributed by atoms with Crippen LogP contribution in [0, 0.1) is 13.8 Å². The summed E-state index contributed by atoms with van der Waals surface area (Å²) in [5.74, 6) is 0. The zero-order valence-corrected chi connectivity index (χ0v) is 10.4. The molecule has 16 heavy (non-hydrogen) atoms. The Morgan fingerprint density at radius 3 is 2.25 bits per heavy atom. The second-order valence-electron chi connectivity index (χ2n) is 3.92. The summed E-state index contributed by atoms with van der Waals surface area (Å²) in [7, 11) is -1.45. The normalized spacial score (nSPS) is 11.2. The minimum absolute atomic E-state index is 0.893. The van der Waals surface area contributed by atoms with Gasteiger partial charge in [-0.3, -0.25) is 4.57 Å². The van der Waals surface area contributed by atoms with E-state index in [2.05, 4.69) is 6.07 Å². The third-order valence-corrected chi connectivity index (χ3v) is 4.27. The molecule has 2 rings (SSSR count). The SMILES string of the molecule is Cc1ccc([P](=O)c2ccccc2)c(C)c1. The van der Waals surface area contributed by atoms with Gasteiger partial charge in [-0.1, -0.05) is 35.9 Å². The summed E-state index contributed by atoms with van der Waals surface area (Å²) in [4.78, 5) is 0. The van der Waals surface area contributed by atoms with Crippen molar-refractivity contribution in [2.75, 3.05) is 0 Å². The molecule has 2 aromatic rings. The van der Waals surface area contributed by atoms with Gasteiger partial charge < -0.3 is 0 Å². The summed E-state index contributed by atoms with van der Waals surface area (Å²) in [5.41, 5.74) is 2.31. The number of hydrogen-bond donors (Lipinski definition) is 0. The molecular formula is C14H14OP. The van der Waals surface area contributed by atoms with Gasteiger partial charge in [0.25, 0.3) is 0 Å². The zero-order valence-electron chi connectivity index (χ0n) is 9.47. The van der Waals surface area contributed by atoms with Crippen LogP contribution in [0.3, 0.4) is 0 Å². The van der Waals surface area contributed by atoms with Crippen LogP contribution in [-0.4, -0.2) is 0 Å². The number of rotatable bonds is 2. The first-order chi connectivity index (χ1) is 7.68. The van der Waals surface area contributed by atoms with Gasteiger partial charge in [-0.2, -0.15) is 0 Å². The standard InChI is InChI=1S/C14H14OP/c1-11-8-9-14(12(2)10-11)16(15)13-6-4-3-5-7-13/h3-10H,1-2H3.